The number of hydrogen-bond acceptors (Lipinski definition) is 2. The standard InChI is InChI=1S/C2H6O2.Pt/c3-1-2-4;/h3-4H,1-2H2;. The van der Waals surface area contributed by atoms with Crippen LogP contribution in [0, 0.1) is 0 Å². The first-order valence-electron chi connectivity index (χ1n) is 1.13. The van der Waals surface area contributed by atoms with E-state index in [0.29, 0.717) is 0 Å². The molecule has 2 nitrogen and oxygen atoms in total. The van der Waals surface area contributed by atoms with Crippen molar-refractivity contribution in [3.63, 3.8) is 0 Å². The third kappa shape index (κ3) is 12.1. The Labute approximate surface area is 45.1 Å². The summed E-state index contributed by atoms with van der Waals surface area (Å²) in [6, 6.07) is 0. The van der Waals surface area contributed by atoms with Crippen LogP contribution in [-0.4, -0.2) is 23.4 Å². The molecule has 0 aliphatic heterocycles. The van der Waals surface area contributed by atoms with Gasteiger partial charge in [-0.1, -0.05) is 0 Å². The van der Waals surface area contributed by atoms with Crippen LogP contribution in [0.15, 0.2) is 0 Å². The molecule has 0 rings (SSSR count). The van der Waals surface area contributed by atoms with E-state index in [1.165, 1.54) is 0 Å². The second-order valence-corrected chi connectivity index (χ2v) is 0.447. The molecule has 0 aliphatic carbocycles. The fraction of sp³-hybridized carbons (Fsp3) is 1.00. The van der Waals surface area contributed by atoms with Crippen molar-refractivity contribution >= 4 is 0 Å². The Morgan fingerprint density at radius 3 is 1.20 bits per heavy atom. The maximum Gasteiger partial charge on any atom is 0.0662 e. The summed E-state index contributed by atoms with van der Waals surface area (Å²) in [4.78, 5) is 0. The van der Waals surface area contributed by atoms with Gasteiger partial charge in [-0.3, -0.25) is 0 Å². The van der Waals surface area contributed by atoms with E-state index in [0.717, 1.165) is 0 Å². The molecule has 0 heterocycles. The van der Waals surface area contributed by atoms with Gasteiger partial charge in [0, 0.05) is 21.1 Å². The van der Waals surface area contributed by atoms with Gasteiger partial charge in [-0.2, -0.15) is 0 Å². The smallest absolute Gasteiger partial charge is 0.0662 e. The van der Waals surface area contributed by atoms with Crippen LogP contribution in [-0.2, 0) is 21.1 Å². The summed E-state index contributed by atoms with van der Waals surface area (Å²) in [5, 5.41) is 15.2. The number of rotatable bonds is 1. The van der Waals surface area contributed by atoms with Crippen molar-refractivity contribution in [3.8, 4) is 0 Å². The van der Waals surface area contributed by atoms with Crippen molar-refractivity contribution < 1.29 is 31.3 Å². The third-order valence-electron chi connectivity index (χ3n) is 0.1000. The summed E-state index contributed by atoms with van der Waals surface area (Å²) in [5.74, 6) is 0. The van der Waals surface area contributed by atoms with Gasteiger partial charge >= 0.3 is 0 Å². The molecule has 0 unspecified atom stereocenters. The maximum atomic E-state index is 7.62. The third-order valence-corrected chi connectivity index (χ3v) is 0.1000. The molecule has 0 aromatic carbocycles. The molecular weight excluding hydrogens is 251 g/mol. The summed E-state index contributed by atoms with van der Waals surface area (Å²) in [6.45, 7) is -0.250. The van der Waals surface area contributed by atoms with Gasteiger partial charge in [0.15, 0.2) is 0 Å². The zero-order chi connectivity index (χ0) is 3.41. The van der Waals surface area contributed by atoms with E-state index >= 15 is 0 Å². The van der Waals surface area contributed by atoms with Gasteiger partial charge in [-0.05, 0) is 0 Å². The summed E-state index contributed by atoms with van der Waals surface area (Å²) in [5.41, 5.74) is 0. The average molecular weight is 257 g/mol. The summed E-state index contributed by atoms with van der Waals surface area (Å²) < 4.78 is 0. The van der Waals surface area contributed by atoms with Gasteiger partial charge in [0.1, 0.15) is 0 Å². The molecule has 0 saturated heterocycles. The molecule has 0 spiro atoms. The van der Waals surface area contributed by atoms with Crippen LogP contribution in [0.2, 0.25) is 0 Å². The van der Waals surface area contributed by atoms with Crippen LogP contribution in [0.4, 0.5) is 0 Å². The van der Waals surface area contributed by atoms with E-state index < -0.39 is 0 Å². The molecule has 0 aromatic rings. The molecule has 2 N–H and O–H groups in total. The Bertz CT molecular complexity index is 9.61. The molecule has 0 amide bonds. The van der Waals surface area contributed by atoms with Gasteiger partial charge in [-0.15, -0.1) is 0 Å². The van der Waals surface area contributed by atoms with Crippen molar-refractivity contribution in [2.45, 2.75) is 0 Å². The Kier molecular flexibility index (Phi) is 16.1. The van der Waals surface area contributed by atoms with Gasteiger partial charge in [0.05, 0.1) is 13.2 Å². The molecule has 0 aliphatic rings. The summed E-state index contributed by atoms with van der Waals surface area (Å²) >= 11 is 0. The van der Waals surface area contributed by atoms with Crippen LogP contribution in [0.3, 0.4) is 0 Å². The topological polar surface area (TPSA) is 40.5 Å². The molecule has 0 fully saturated rings. The monoisotopic (exact) mass is 257 g/mol. The Hall–Kier alpha value is 0.608. The minimum atomic E-state index is -0.125. The number of hydrogen-bond donors (Lipinski definition) is 2. The molecule has 0 aromatic heterocycles. The van der Waals surface area contributed by atoms with Crippen molar-refractivity contribution in [3.05, 3.63) is 0 Å². The SMILES string of the molecule is OCCO.[Pt]. The maximum absolute atomic E-state index is 7.62. The van der Waals surface area contributed by atoms with Crippen LogP contribution in [0.1, 0.15) is 0 Å². The molecule has 0 saturated carbocycles. The fourth-order valence-corrected chi connectivity index (χ4v) is 0. The molecule has 5 heavy (non-hydrogen) atoms. The van der Waals surface area contributed by atoms with Gasteiger partial charge in [-0.25, -0.2) is 0 Å². The number of aliphatic hydroxyl groups excluding tert-OH is 2. The van der Waals surface area contributed by atoms with Crippen molar-refractivity contribution in [2.75, 3.05) is 13.2 Å². The molecule has 3 heteroatoms. The Balaban J connectivity index is 0. The summed E-state index contributed by atoms with van der Waals surface area (Å²) in [6.07, 6.45) is 0. The zero-order valence-corrected chi connectivity index (χ0v) is 4.90. The Morgan fingerprint density at radius 1 is 1.00 bits per heavy atom. The van der Waals surface area contributed by atoms with Crippen molar-refractivity contribution in [1.82, 2.24) is 0 Å². The molecule has 0 bridgehead atoms. The van der Waals surface area contributed by atoms with E-state index in [4.69, 9.17) is 10.2 Å². The second kappa shape index (κ2) is 8.82. The fourth-order valence-electron chi connectivity index (χ4n) is 0. The van der Waals surface area contributed by atoms with Gasteiger partial charge in [0.2, 0.25) is 0 Å². The minimum absolute atomic E-state index is 0. The molecule has 0 atom stereocenters. The van der Waals surface area contributed by atoms with E-state index in [2.05, 4.69) is 0 Å². The molecule has 0 radical (unpaired) electrons. The van der Waals surface area contributed by atoms with Crippen molar-refractivity contribution in [2.24, 2.45) is 0 Å². The number of aliphatic hydroxyl groups is 2. The first-order valence-corrected chi connectivity index (χ1v) is 1.13. The van der Waals surface area contributed by atoms with E-state index in [1.807, 2.05) is 0 Å². The van der Waals surface area contributed by atoms with E-state index in [9.17, 15) is 0 Å². The predicted octanol–water partition coefficient (Wildman–Crippen LogP) is -1.03. The second-order valence-electron chi connectivity index (χ2n) is 0.447. The van der Waals surface area contributed by atoms with Crippen LogP contribution < -0.4 is 0 Å². The largest absolute Gasteiger partial charge is 0.394 e. The van der Waals surface area contributed by atoms with E-state index in [1.54, 1.807) is 0 Å². The van der Waals surface area contributed by atoms with E-state index in [-0.39, 0.29) is 34.3 Å². The zero-order valence-electron chi connectivity index (χ0n) is 2.62. The van der Waals surface area contributed by atoms with Gasteiger partial charge < -0.3 is 10.2 Å². The molecule has 36 valence electrons. The van der Waals surface area contributed by atoms with Crippen molar-refractivity contribution in [1.29, 1.82) is 0 Å². The normalized spacial score (nSPS) is 6.00. The quantitative estimate of drug-likeness (QED) is 0.630. The van der Waals surface area contributed by atoms with Crippen LogP contribution in [0.5, 0.6) is 0 Å². The first-order chi connectivity index (χ1) is 1.91. The van der Waals surface area contributed by atoms with Crippen LogP contribution in [0.25, 0.3) is 0 Å². The average Bonchev–Trinajstić information content (AvgIpc) is 1.37. The first kappa shape index (κ1) is 9.15. The van der Waals surface area contributed by atoms with Crippen LogP contribution >= 0.6 is 0 Å². The Morgan fingerprint density at radius 2 is 1.20 bits per heavy atom. The predicted molar refractivity (Wildman–Crippen MR) is 14.2 cm³/mol. The summed E-state index contributed by atoms with van der Waals surface area (Å²) in [7, 11) is 0. The molecular formula is C2H6O2Pt. The van der Waals surface area contributed by atoms with Gasteiger partial charge in [0.25, 0.3) is 0 Å². The minimum Gasteiger partial charge on any atom is -0.394 e.